The molecule has 3 aromatic heterocycles. The Kier molecular flexibility index (Phi) is 6.33. The number of hydrogen-bond acceptors (Lipinski definition) is 7. The number of likely N-dealkylation sites (N-methyl/N-ethyl adjacent to an activating group) is 1. The van der Waals surface area contributed by atoms with Crippen molar-refractivity contribution in [2.45, 2.75) is 45.8 Å². The van der Waals surface area contributed by atoms with Crippen LogP contribution in [0, 0.1) is 18.6 Å². The molecule has 6 rings (SSSR count). The van der Waals surface area contributed by atoms with Gasteiger partial charge in [-0.15, -0.1) is 0 Å². The molecule has 4 aromatic rings. The monoisotopic (exact) mass is 563 g/mol. The Labute approximate surface area is 235 Å². The molecule has 1 fully saturated rings. The molecule has 214 valence electrons. The average Bonchev–Trinajstić information content (AvgIpc) is 3.32. The van der Waals surface area contributed by atoms with Gasteiger partial charge in [-0.05, 0) is 45.9 Å². The van der Waals surface area contributed by atoms with Crippen LogP contribution in [-0.4, -0.2) is 64.6 Å². The van der Waals surface area contributed by atoms with E-state index in [0.29, 0.717) is 35.5 Å². The van der Waals surface area contributed by atoms with Gasteiger partial charge in [0, 0.05) is 43.2 Å². The lowest BCUT2D eigenvalue weighted by Gasteiger charge is -2.46. The van der Waals surface area contributed by atoms with E-state index >= 15 is 8.78 Å². The van der Waals surface area contributed by atoms with Gasteiger partial charge in [-0.3, -0.25) is 9.59 Å². The summed E-state index contributed by atoms with van der Waals surface area (Å²) in [6.07, 6.45) is 1.64. The molecule has 2 aliphatic heterocycles. The fourth-order valence-electron chi connectivity index (χ4n) is 5.93. The van der Waals surface area contributed by atoms with Gasteiger partial charge < -0.3 is 19.9 Å². The molecule has 2 aliphatic rings. The third kappa shape index (κ3) is 3.91. The number of rotatable bonds is 4. The number of benzene rings is 1. The molecule has 0 aliphatic carbocycles. The van der Waals surface area contributed by atoms with E-state index in [-0.39, 0.29) is 46.3 Å². The van der Waals surface area contributed by atoms with Gasteiger partial charge in [0.25, 0.3) is 11.5 Å². The summed E-state index contributed by atoms with van der Waals surface area (Å²) in [4.78, 5) is 35.9. The number of ether oxygens (including phenoxy) is 1. The van der Waals surface area contributed by atoms with Crippen LogP contribution in [0.4, 0.5) is 20.2 Å². The number of fused-ring (bicyclic) bond motifs is 5. The molecule has 0 unspecified atom stereocenters. The SMILES string of the molecule is COc1cccc(F)c1-c1nc2c(cc1F)c1c(c(=O)n2-c2c(C)cnn2C(C)C)N(C)C(=O)[C@H]2CN[C@H](C)CN12. The van der Waals surface area contributed by atoms with Crippen molar-refractivity contribution in [3.05, 3.63) is 58.0 Å². The van der Waals surface area contributed by atoms with Gasteiger partial charge in [-0.2, -0.15) is 5.10 Å². The second-order valence-electron chi connectivity index (χ2n) is 10.9. The van der Waals surface area contributed by atoms with Crippen molar-refractivity contribution in [3.63, 3.8) is 0 Å². The Hall–Kier alpha value is -4.32. The number of aryl methyl sites for hydroxylation is 1. The molecular formula is C29H31F2N7O3. The molecular weight excluding hydrogens is 532 g/mol. The van der Waals surface area contributed by atoms with Crippen molar-refractivity contribution >= 4 is 28.3 Å². The minimum atomic E-state index is -0.790. The number of hydrogen-bond donors (Lipinski definition) is 1. The molecule has 0 radical (unpaired) electrons. The minimum Gasteiger partial charge on any atom is -0.496 e. The quantitative estimate of drug-likeness (QED) is 0.406. The summed E-state index contributed by atoms with van der Waals surface area (Å²) in [5.74, 6) is -1.21. The zero-order chi connectivity index (χ0) is 29.3. The first-order valence-corrected chi connectivity index (χ1v) is 13.5. The van der Waals surface area contributed by atoms with E-state index in [4.69, 9.17) is 4.74 Å². The van der Waals surface area contributed by atoms with Crippen molar-refractivity contribution in [1.82, 2.24) is 24.6 Å². The second kappa shape index (κ2) is 9.65. The zero-order valence-electron chi connectivity index (χ0n) is 23.7. The molecule has 2 atom stereocenters. The largest absolute Gasteiger partial charge is 0.496 e. The van der Waals surface area contributed by atoms with Gasteiger partial charge >= 0.3 is 0 Å². The Morgan fingerprint density at radius 3 is 2.61 bits per heavy atom. The van der Waals surface area contributed by atoms with Gasteiger partial charge in [0.1, 0.15) is 34.8 Å². The van der Waals surface area contributed by atoms with E-state index in [9.17, 15) is 9.59 Å². The summed E-state index contributed by atoms with van der Waals surface area (Å²) in [5, 5.41) is 8.12. The van der Waals surface area contributed by atoms with Crippen molar-refractivity contribution in [2.24, 2.45) is 0 Å². The number of halogens is 2. The number of nitrogens with one attached hydrogen (secondary N) is 1. The number of carbonyl (C=O) groups excluding carboxylic acids is 1. The highest BCUT2D eigenvalue weighted by atomic mass is 19.1. The first-order valence-electron chi connectivity index (χ1n) is 13.5. The third-order valence-electron chi connectivity index (χ3n) is 7.88. The predicted molar refractivity (Wildman–Crippen MR) is 152 cm³/mol. The lowest BCUT2D eigenvalue weighted by molar-refractivity contribution is -0.120. The van der Waals surface area contributed by atoms with Crippen LogP contribution < -0.4 is 25.4 Å². The van der Waals surface area contributed by atoms with Crippen molar-refractivity contribution in [3.8, 4) is 22.8 Å². The highest BCUT2D eigenvalue weighted by Gasteiger charge is 2.43. The van der Waals surface area contributed by atoms with Crippen LogP contribution in [0.15, 0.2) is 35.3 Å². The second-order valence-corrected chi connectivity index (χ2v) is 10.9. The van der Waals surface area contributed by atoms with Gasteiger partial charge in [-0.25, -0.2) is 23.0 Å². The molecule has 1 N–H and O–H groups in total. The maximum Gasteiger partial charge on any atom is 0.284 e. The Morgan fingerprint density at radius 2 is 1.90 bits per heavy atom. The molecule has 1 amide bonds. The van der Waals surface area contributed by atoms with Gasteiger partial charge in [0.2, 0.25) is 0 Å². The highest BCUT2D eigenvalue weighted by molar-refractivity contribution is 6.11. The maximum atomic E-state index is 16.1. The lowest BCUT2D eigenvalue weighted by Crippen LogP contribution is -2.64. The van der Waals surface area contributed by atoms with Crippen LogP contribution in [0.2, 0.25) is 0 Å². The Bertz CT molecular complexity index is 1780. The van der Waals surface area contributed by atoms with Crippen LogP contribution in [0.1, 0.15) is 32.4 Å². The number of anilines is 2. The van der Waals surface area contributed by atoms with E-state index in [1.54, 1.807) is 17.9 Å². The van der Waals surface area contributed by atoms with Crippen LogP contribution >= 0.6 is 0 Å². The molecule has 0 saturated carbocycles. The van der Waals surface area contributed by atoms with E-state index in [1.165, 1.54) is 40.8 Å². The van der Waals surface area contributed by atoms with E-state index < -0.39 is 23.2 Å². The summed E-state index contributed by atoms with van der Waals surface area (Å²) < 4.78 is 39.7. The lowest BCUT2D eigenvalue weighted by atomic mass is 10.00. The molecule has 1 saturated heterocycles. The number of carbonyl (C=O) groups is 1. The molecule has 1 aromatic carbocycles. The summed E-state index contributed by atoms with van der Waals surface area (Å²) in [6, 6.07) is 4.75. The third-order valence-corrected chi connectivity index (χ3v) is 7.88. The van der Waals surface area contributed by atoms with Crippen LogP contribution in [0.5, 0.6) is 5.75 Å². The summed E-state index contributed by atoms with van der Waals surface area (Å²) in [7, 11) is 2.93. The molecule has 41 heavy (non-hydrogen) atoms. The number of amides is 1. The van der Waals surface area contributed by atoms with Gasteiger partial charge in [0.15, 0.2) is 11.5 Å². The Morgan fingerprint density at radius 1 is 1.15 bits per heavy atom. The summed E-state index contributed by atoms with van der Waals surface area (Å²) >= 11 is 0. The van der Waals surface area contributed by atoms with Crippen molar-refractivity contribution < 1.29 is 18.3 Å². The van der Waals surface area contributed by atoms with E-state index in [1.807, 2.05) is 32.6 Å². The maximum absolute atomic E-state index is 16.1. The van der Waals surface area contributed by atoms with E-state index in [2.05, 4.69) is 15.4 Å². The smallest absolute Gasteiger partial charge is 0.284 e. The number of aromatic nitrogens is 4. The zero-order valence-corrected chi connectivity index (χ0v) is 23.7. The Balaban J connectivity index is 1.80. The molecule has 5 heterocycles. The summed E-state index contributed by atoms with van der Waals surface area (Å²) in [5.41, 5.74) is 0.393. The minimum absolute atomic E-state index is 0.0113. The van der Waals surface area contributed by atoms with Crippen LogP contribution in [0.25, 0.3) is 28.1 Å². The normalized spacial score (nSPS) is 18.7. The summed E-state index contributed by atoms with van der Waals surface area (Å²) in [6.45, 7) is 8.43. The predicted octanol–water partition coefficient (Wildman–Crippen LogP) is 3.57. The van der Waals surface area contributed by atoms with Crippen LogP contribution in [-0.2, 0) is 4.79 Å². The number of piperazine rings is 1. The van der Waals surface area contributed by atoms with E-state index in [0.717, 1.165) is 0 Å². The standard InChI is InChI=1S/C29H31F2N7O3/c1-14(2)38-27(15(3)11-33-38)37-26-17(10-19(31)23(34-26)22-18(30)8-7-9-21(22)41-6)24-25(29(37)40)35(5)28(39)20-12-32-16(4)13-36(20)24/h7-11,14,16,20,32H,12-13H2,1-6H3/t16-,20-/m1/s1. The first kappa shape index (κ1) is 26.9. The topological polar surface area (TPSA) is 97.5 Å². The number of nitrogens with zero attached hydrogens (tertiary/aromatic N) is 6. The fourth-order valence-corrected chi connectivity index (χ4v) is 5.93. The van der Waals surface area contributed by atoms with Crippen molar-refractivity contribution in [1.29, 1.82) is 0 Å². The highest BCUT2D eigenvalue weighted by Crippen LogP contribution is 2.42. The average molecular weight is 564 g/mol. The molecule has 10 nitrogen and oxygen atoms in total. The number of methoxy groups -OCH3 is 1. The van der Waals surface area contributed by atoms with Gasteiger partial charge in [-0.1, -0.05) is 6.07 Å². The first-order chi connectivity index (χ1) is 19.5. The van der Waals surface area contributed by atoms with Gasteiger partial charge in [0.05, 0.1) is 24.6 Å². The molecule has 12 heteroatoms. The fraction of sp³-hybridized carbons (Fsp3) is 0.379. The van der Waals surface area contributed by atoms with Crippen molar-refractivity contribution in [2.75, 3.05) is 37.0 Å². The van der Waals surface area contributed by atoms with Crippen LogP contribution in [0.3, 0.4) is 0 Å². The molecule has 0 bridgehead atoms. The number of pyridine rings is 2. The molecule has 0 spiro atoms.